The molecule has 1 aliphatic heterocycles. The number of benzene rings is 3. The molecule has 0 saturated carbocycles. The summed E-state index contributed by atoms with van der Waals surface area (Å²) in [7, 11) is 0. The molecular weight excluding hydrogens is 364 g/mol. The number of nitrogens with zero attached hydrogens (tertiary/aromatic N) is 1. The van der Waals surface area contributed by atoms with Gasteiger partial charge in [-0.3, -0.25) is 4.99 Å². The summed E-state index contributed by atoms with van der Waals surface area (Å²) in [6, 6.07) is 17.9. The van der Waals surface area contributed by atoms with Crippen LogP contribution in [0.3, 0.4) is 0 Å². The van der Waals surface area contributed by atoms with Crippen LogP contribution in [0.5, 0.6) is 0 Å². The molecule has 4 rings (SSSR count). The molecule has 3 aromatic rings. The Morgan fingerprint density at radius 3 is 1.50 bits per heavy atom. The maximum Gasteiger partial charge on any atom is 0.130 e. The predicted molar refractivity (Wildman–Crippen MR) is 128 cm³/mol. The van der Waals surface area contributed by atoms with Crippen LogP contribution in [-0.2, 0) is 0 Å². The highest BCUT2D eigenvalue weighted by molar-refractivity contribution is 6.03. The maximum absolute atomic E-state index is 5.28. The van der Waals surface area contributed by atoms with Crippen LogP contribution in [0.4, 0.5) is 0 Å². The highest BCUT2D eigenvalue weighted by atomic mass is 15.1. The summed E-state index contributed by atoms with van der Waals surface area (Å²) < 4.78 is 0. The van der Waals surface area contributed by atoms with E-state index in [-0.39, 0.29) is 12.1 Å². The van der Waals surface area contributed by atoms with E-state index >= 15 is 0 Å². The summed E-state index contributed by atoms with van der Waals surface area (Å²) in [5.41, 5.74) is 13.1. The van der Waals surface area contributed by atoms with Crippen molar-refractivity contribution in [3.05, 3.63) is 104 Å². The second-order valence-corrected chi connectivity index (χ2v) is 8.87. The molecule has 0 aliphatic carbocycles. The van der Waals surface area contributed by atoms with Gasteiger partial charge in [-0.15, -0.1) is 0 Å². The van der Waals surface area contributed by atoms with Crippen molar-refractivity contribution in [3.63, 3.8) is 0 Å². The molecule has 0 bridgehead atoms. The standard InChI is InChI=1S/C28H32N2/c1-16-8-12-23(13-9-16)26-27(24-14-10-17(2)11-15-24)30-28(29-26)25-21(6)19(4)18(3)20(5)22(25)7/h8-15,26-27H,1-7H3,(H,29,30). The Morgan fingerprint density at radius 2 is 1.00 bits per heavy atom. The summed E-state index contributed by atoms with van der Waals surface area (Å²) in [5, 5.41) is 3.81. The molecule has 2 atom stereocenters. The van der Waals surface area contributed by atoms with Gasteiger partial charge >= 0.3 is 0 Å². The van der Waals surface area contributed by atoms with E-state index in [9.17, 15) is 0 Å². The number of nitrogens with one attached hydrogen (secondary N) is 1. The molecule has 3 aromatic carbocycles. The minimum absolute atomic E-state index is 0.0593. The van der Waals surface area contributed by atoms with E-state index in [1.807, 2.05) is 0 Å². The van der Waals surface area contributed by atoms with Gasteiger partial charge in [0, 0.05) is 5.56 Å². The van der Waals surface area contributed by atoms with Crippen molar-refractivity contribution in [3.8, 4) is 0 Å². The summed E-state index contributed by atoms with van der Waals surface area (Å²) >= 11 is 0. The van der Waals surface area contributed by atoms with Crippen LogP contribution in [-0.4, -0.2) is 5.84 Å². The molecule has 2 nitrogen and oxygen atoms in total. The van der Waals surface area contributed by atoms with E-state index in [2.05, 4.69) is 102 Å². The van der Waals surface area contributed by atoms with Crippen molar-refractivity contribution in [1.82, 2.24) is 5.32 Å². The monoisotopic (exact) mass is 396 g/mol. The molecule has 0 fully saturated rings. The SMILES string of the molecule is Cc1ccc(C2N=C(c3c(C)c(C)c(C)c(C)c3C)NC2c2ccc(C)cc2)cc1. The first-order chi connectivity index (χ1) is 14.3. The van der Waals surface area contributed by atoms with Crippen LogP contribution in [0.15, 0.2) is 53.5 Å². The highest BCUT2D eigenvalue weighted by Crippen LogP contribution is 2.39. The third-order valence-electron chi connectivity index (χ3n) is 6.97. The average molecular weight is 397 g/mol. The smallest absolute Gasteiger partial charge is 0.130 e. The average Bonchev–Trinajstić information content (AvgIpc) is 3.17. The van der Waals surface area contributed by atoms with Gasteiger partial charge in [-0.25, -0.2) is 0 Å². The van der Waals surface area contributed by atoms with E-state index in [0.717, 1.165) is 5.84 Å². The van der Waals surface area contributed by atoms with Crippen molar-refractivity contribution >= 4 is 5.84 Å². The largest absolute Gasteiger partial charge is 0.361 e. The zero-order chi connectivity index (χ0) is 21.6. The number of aryl methyl sites for hydroxylation is 2. The van der Waals surface area contributed by atoms with E-state index < -0.39 is 0 Å². The molecule has 2 unspecified atom stereocenters. The van der Waals surface area contributed by atoms with Crippen LogP contribution in [0.2, 0.25) is 0 Å². The Morgan fingerprint density at radius 1 is 0.567 bits per heavy atom. The van der Waals surface area contributed by atoms with Gasteiger partial charge in [0.15, 0.2) is 0 Å². The molecule has 30 heavy (non-hydrogen) atoms. The Balaban J connectivity index is 1.85. The van der Waals surface area contributed by atoms with Crippen LogP contribution in [0, 0.1) is 48.5 Å². The summed E-state index contributed by atoms with van der Waals surface area (Å²) in [6.07, 6.45) is 0. The van der Waals surface area contributed by atoms with Gasteiger partial charge in [-0.2, -0.15) is 0 Å². The fraction of sp³-hybridized carbons (Fsp3) is 0.321. The zero-order valence-corrected chi connectivity index (χ0v) is 19.2. The topological polar surface area (TPSA) is 24.4 Å². The summed E-state index contributed by atoms with van der Waals surface area (Å²) in [4.78, 5) is 5.28. The van der Waals surface area contributed by atoms with E-state index in [0.29, 0.717) is 0 Å². The Kier molecular flexibility index (Phi) is 5.27. The second kappa shape index (κ2) is 7.75. The first-order valence-corrected chi connectivity index (χ1v) is 10.8. The van der Waals surface area contributed by atoms with Crippen molar-refractivity contribution < 1.29 is 0 Å². The summed E-state index contributed by atoms with van der Waals surface area (Å²) in [6.45, 7) is 15.4. The van der Waals surface area contributed by atoms with Crippen LogP contribution in [0.25, 0.3) is 0 Å². The van der Waals surface area contributed by atoms with Gasteiger partial charge < -0.3 is 5.32 Å². The third-order valence-corrected chi connectivity index (χ3v) is 6.97. The molecule has 2 heteroatoms. The minimum atomic E-state index is 0.0593. The molecule has 0 radical (unpaired) electrons. The number of amidine groups is 1. The molecule has 1 heterocycles. The fourth-order valence-electron chi connectivity index (χ4n) is 4.54. The lowest BCUT2D eigenvalue weighted by molar-refractivity contribution is 0.572. The Hall–Kier alpha value is -2.87. The second-order valence-electron chi connectivity index (χ2n) is 8.87. The molecule has 154 valence electrons. The van der Waals surface area contributed by atoms with Gasteiger partial charge in [-0.05, 0) is 87.4 Å². The Labute approximate surface area is 181 Å². The number of hydrogen-bond acceptors (Lipinski definition) is 2. The van der Waals surface area contributed by atoms with Gasteiger partial charge in [0.25, 0.3) is 0 Å². The molecule has 1 N–H and O–H groups in total. The molecular formula is C28H32N2. The lowest BCUT2D eigenvalue weighted by Gasteiger charge is -2.22. The predicted octanol–water partition coefficient (Wildman–Crippen LogP) is 6.68. The minimum Gasteiger partial charge on any atom is -0.361 e. The number of rotatable bonds is 3. The number of aliphatic imine (C=N–C) groups is 1. The first kappa shape index (κ1) is 20.4. The normalized spacial score (nSPS) is 18.3. The van der Waals surface area contributed by atoms with Crippen molar-refractivity contribution in [1.29, 1.82) is 0 Å². The molecule has 0 aromatic heterocycles. The van der Waals surface area contributed by atoms with Crippen LogP contribution in [0.1, 0.15) is 67.7 Å². The molecule has 0 spiro atoms. The summed E-state index contributed by atoms with van der Waals surface area (Å²) in [5.74, 6) is 1.02. The fourth-order valence-corrected chi connectivity index (χ4v) is 4.54. The van der Waals surface area contributed by atoms with Crippen molar-refractivity contribution in [2.45, 2.75) is 60.5 Å². The molecule has 1 aliphatic rings. The van der Waals surface area contributed by atoms with E-state index in [1.54, 1.807) is 0 Å². The van der Waals surface area contributed by atoms with Gasteiger partial charge in [0.05, 0.1) is 6.04 Å². The quantitative estimate of drug-likeness (QED) is 0.525. The van der Waals surface area contributed by atoms with E-state index in [4.69, 9.17) is 4.99 Å². The molecule has 0 amide bonds. The highest BCUT2D eigenvalue weighted by Gasteiger charge is 2.33. The van der Waals surface area contributed by atoms with E-state index in [1.165, 1.54) is 55.6 Å². The third kappa shape index (κ3) is 3.45. The van der Waals surface area contributed by atoms with Gasteiger partial charge in [-0.1, -0.05) is 59.7 Å². The number of hydrogen-bond donors (Lipinski definition) is 1. The van der Waals surface area contributed by atoms with Crippen molar-refractivity contribution in [2.75, 3.05) is 0 Å². The molecule has 0 saturated heterocycles. The first-order valence-electron chi connectivity index (χ1n) is 10.8. The van der Waals surface area contributed by atoms with Crippen LogP contribution >= 0.6 is 0 Å². The van der Waals surface area contributed by atoms with Crippen LogP contribution < -0.4 is 5.32 Å². The zero-order valence-electron chi connectivity index (χ0n) is 19.2. The van der Waals surface area contributed by atoms with Gasteiger partial charge in [0.2, 0.25) is 0 Å². The maximum atomic E-state index is 5.28. The van der Waals surface area contributed by atoms with Crippen molar-refractivity contribution in [2.24, 2.45) is 4.99 Å². The lowest BCUT2D eigenvalue weighted by atomic mass is 9.89. The Bertz CT molecular complexity index is 1090. The lowest BCUT2D eigenvalue weighted by Crippen LogP contribution is -2.27. The van der Waals surface area contributed by atoms with Gasteiger partial charge in [0.1, 0.15) is 11.9 Å².